The van der Waals surface area contributed by atoms with Gasteiger partial charge in [0, 0.05) is 12.5 Å². The summed E-state index contributed by atoms with van der Waals surface area (Å²) in [5.74, 6) is -0.183. The zero-order valence-electron chi connectivity index (χ0n) is 15.9. The lowest BCUT2D eigenvalue weighted by Crippen LogP contribution is -2.31. The molecule has 0 aliphatic carbocycles. The smallest absolute Gasteiger partial charge is 0.330 e. The van der Waals surface area contributed by atoms with Gasteiger partial charge in [-0.2, -0.15) is 5.10 Å². The summed E-state index contributed by atoms with van der Waals surface area (Å²) in [5.41, 5.74) is 2.71. The van der Waals surface area contributed by atoms with Gasteiger partial charge in [0.05, 0.1) is 18.9 Å². The highest BCUT2D eigenvalue weighted by Gasteiger charge is 2.33. The van der Waals surface area contributed by atoms with Crippen molar-refractivity contribution >= 4 is 17.6 Å². The molecule has 1 atom stereocenters. The van der Waals surface area contributed by atoms with Gasteiger partial charge in [-0.1, -0.05) is 48.5 Å². The van der Waals surface area contributed by atoms with Gasteiger partial charge in [0.25, 0.3) is 5.91 Å². The molecule has 6 heteroatoms. The second-order valence-electron chi connectivity index (χ2n) is 6.25. The maximum Gasteiger partial charge on any atom is 0.330 e. The summed E-state index contributed by atoms with van der Waals surface area (Å²) in [4.78, 5) is 24.3. The van der Waals surface area contributed by atoms with Gasteiger partial charge in [-0.05, 0) is 30.2 Å². The van der Waals surface area contributed by atoms with Crippen LogP contribution in [0.5, 0.6) is 5.75 Å². The summed E-state index contributed by atoms with van der Waals surface area (Å²) in [6.45, 7) is 1.35. The molecule has 1 unspecified atom stereocenters. The number of carbonyl (C=O) groups is 2. The van der Waals surface area contributed by atoms with Crippen molar-refractivity contribution in [3.63, 3.8) is 0 Å². The lowest BCUT2D eigenvalue weighted by Gasteiger charge is -2.22. The molecule has 0 saturated heterocycles. The first kappa shape index (κ1) is 19.4. The van der Waals surface area contributed by atoms with Crippen LogP contribution < -0.4 is 4.74 Å². The fourth-order valence-electron chi connectivity index (χ4n) is 3.01. The van der Waals surface area contributed by atoms with Crippen molar-refractivity contribution < 1.29 is 19.1 Å². The van der Waals surface area contributed by atoms with Crippen LogP contribution in [0.15, 0.2) is 71.9 Å². The number of benzene rings is 2. The van der Waals surface area contributed by atoms with Gasteiger partial charge in [0.15, 0.2) is 6.61 Å². The number of hydrogen-bond acceptors (Lipinski definition) is 5. The normalized spacial score (nSPS) is 16.1. The van der Waals surface area contributed by atoms with E-state index in [2.05, 4.69) is 5.10 Å². The largest absolute Gasteiger partial charge is 0.497 e. The molecule has 0 aromatic heterocycles. The van der Waals surface area contributed by atoms with Gasteiger partial charge >= 0.3 is 5.97 Å². The maximum absolute atomic E-state index is 12.7. The molecule has 1 amide bonds. The molecule has 0 radical (unpaired) electrons. The maximum atomic E-state index is 12.7. The summed E-state index contributed by atoms with van der Waals surface area (Å²) in [5, 5.41) is 5.95. The Morgan fingerprint density at radius 2 is 1.86 bits per heavy atom. The number of esters is 1. The second kappa shape index (κ2) is 8.99. The average Bonchev–Trinajstić information content (AvgIpc) is 3.18. The molecule has 0 fully saturated rings. The topological polar surface area (TPSA) is 68.2 Å². The van der Waals surface area contributed by atoms with Crippen LogP contribution in [0.2, 0.25) is 0 Å². The zero-order chi connectivity index (χ0) is 19.9. The van der Waals surface area contributed by atoms with Crippen LogP contribution in [-0.2, 0) is 14.3 Å². The number of allylic oxidation sites excluding steroid dienone is 1. The fourth-order valence-corrected chi connectivity index (χ4v) is 3.01. The first-order chi connectivity index (χ1) is 13.6. The van der Waals surface area contributed by atoms with Crippen LogP contribution in [0, 0.1) is 0 Å². The third kappa shape index (κ3) is 4.46. The third-order valence-electron chi connectivity index (χ3n) is 4.41. The number of rotatable bonds is 6. The number of hydrazone groups is 1. The zero-order valence-corrected chi connectivity index (χ0v) is 15.9. The molecule has 0 spiro atoms. The first-order valence-corrected chi connectivity index (χ1v) is 9.00. The lowest BCUT2D eigenvalue weighted by atomic mass is 9.98. The molecule has 0 bridgehead atoms. The van der Waals surface area contributed by atoms with Crippen molar-refractivity contribution in [2.75, 3.05) is 13.7 Å². The number of hydrogen-bond donors (Lipinski definition) is 0. The molecule has 6 nitrogen and oxygen atoms in total. The van der Waals surface area contributed by atoms with E-state index in [1.165, 1.54) is 11.1 Å². The highest BCUT2D eigenvalue weighted by molar-refractivity contribution is 6.03. The summed E-state index contributed by atoms with van der Waals surface area (Å²) in [6.07, 6.45) is 3.41. The minimum absolute atomic E-state index is 0.269. The Morgan fingerprint density at radius 3 is 2.50 bits per heavy atom. The van der Waals surface area contributed by atoms with E-state index in [4.69, 9.17) is 9.47 Å². The Bertz CT molecular complexity index is 889. The molecule has 3 rings (SSSR count). The van der Waals surface area contributed by atoms with E-state index < -0.39 is 5.97 Å². The molecule has 0 N–H and O–H groups in total. The number of carbonyl (C=O) groups excluding carboxylic acids is 2. The van der Waals surface area contributed by atoms with Gasteiger partial charge in [0.1, 0.15) is 5.75 Å². The Morgan fingerprint density at radius 1 is 1.14 bits per heavy atom. The first-order valence-electron chi connectivity index (χ1n) is 9.00. The average molecular weight is 378 g/mol. The summed E-state index contributed by atoms with van der Waals surface area (Å²) in [7, 11) is 1.61. The SMILES string of the molecule is C/C=C/C(=O)OCC(=O)N1N=C(c2ccccc2)CC1c1ccc(OC)cc1. The van der Waals surface area contributed by atoms with Crippen molar-refractivity contribution in [2.45, 2.75) is 19.4 Å². The molecule has 144 valence electrons. The summed E-state index contributed by atoms with van der Waals surface area (Å²) < 4.78 is 10.2. The van der Waals surface area contributed by atoms with E-state index in [0.717, 1.165) is 22.6 Å². The minimum atomic E-state index is -0.552. The van der Waals surface area contributed by atoms with E-state index >= 15 is 0 Å². The van der Waals surface area contributed by atoms with Crippen molar-refractivity contribution in [2.24, 2.45) is 5.10 Å². The van der Waals surface area contributed by atoms with E-state index in [1.807, 2.05) is 54.6 Å². The minimum Gasteiger partial charge on any atom is -0.497 e. The van der Waals surface area contributed by atoms with E-state index in [1.54, 1.807) is 20.1 Å². The van der Waals surface area contributed by atoms with Crippen LogP contribution in [0.25, 0.3) is 0 Å². The Balaban J connectivity index is 1.84. The molecule has 2 aromatic carbocycles. The van der Waals surface area contributed by atoms with Gasteiger partial charge in [0.2, 0.25) is 0 Å². The van der Waals surface area contributed by atoms with E-state index in [9.17, 15) is 9.59 Å². The monoisotopic (exact) mass is 378 g/mol. The summed E-state index contributed by atoms with van der Waals surface area (Å²) >= 11 is 0. The number of amides is 1. The molecule has 28 heavy (non-hydrogen) atoms. The molecule has 1 aliphatic heterocycles. The predicted octanol–water partition coefficient (Wildman–Crippen LogP) is 3.49. The van der Waals surface area contributed by atoms with Gasteiger partial charge in [-0.15, -0.1) is 0 Å². The Labute approximate surface area is 164 Å². The quantitative estimate of drug-likeness (QED) is 0.570. The van der Waals surface area contributed by atoms with Crippen molar-refractivity contribution in [3.05, 3.63) is 77.9 Å². The molecule has 0 saturated carbocycles. The van der Waals surface area contributed by atoms with E-state index in [-0.39, 0.29) is 18.6 Å². The van der Waals surface area contributed by atoms with Crippen LogP contribution in [0.4, 0.5) is 0 Å². The Hall–Kier alpha value is -3.41. The second-order valence-corrected chi connectivity index (χ2v) is 6.25. The van der Waals surface area contributed by atoms with Gasteiger partial charge in [-0.3, -0.25) is 4.79 Å². The standard InChI is InChI=1S/C22H22N2O4/c1-3-7-22(26)28-15-21(25)24-20(17-10-12-18(27-2)13-11-17)14-19(23-24)16-8-5-4-6-9-16/h3-13,20H,14-15H2,1-2H3/b7-3+. The van der Waals surface area contributed by atoms with E-state index in [0.29, 0.717) is 6.42 Å². The molecular formula is C22H22N2O4. The number of methoxy groups -OCH3 is 1. The van der Waals surface area contributed by atoms with Crippen LogP contribution in [0.3, 0.4) is 0 Å². The molecule has 2 aromatic rings. The number of ether oxygens (including phenoxy) is 2. The van der Waals surface area contributed by atoms with Crippen molar-refractivity contribution in [1.82, 2.24) is 5.01 Å². The highest BCUT2D eigenvalue weighted by atomic mass is 16.5. The van der Waals surface area contributed by atoms with Gasteiger partial charge in [-0.25, -0.2) is 9.80 Å². The predicted molar refractivity (Wildman–Crippen MR) is 106 cm³/mol. The highest BCUT2D eigenvalue weighted by Crippen LogP contribution is 2.33. The van der Waals surface area contributed by atoms with Gasteiger partial charge < -0.3 is 9.47 Å². The third-order valence-corrected chi connectivity index (χ3v) is 4.41. The van der Waals surface area contributed by atoms with Crippen LogP contribution >= 0.6 is 0 Å². The van der Waals surface area contributed by atoms with Crippen LogP contribution in [-0.4, -0.2) is 36.3 Å². The molecule has 1 heterocycles. The lowest BCUT2D eigenvalue weighted by molar-refractivity contribution is -0.149. The molecular weight excluding hydrogens is 356 g/mol. The Kier molecular flexibility index (Phi) is 6.22. The van der Waals surface area contributed by atoms with Crippen molar-refractivity contribution in [3.8, 4) is 5.75 Å². The fraction of sp³-hybridized carbons (Fsp3) is 0.227. The number of nitrogens with zero attached hydrogens (tertiary/aromatic N) is 2. The summed E-state index contributed by atoms with van der Waals surface area (Å²) in [6, 6.07) is 17.0. The van der Waals surface area contributed by atoms with Crippen LogP contribution in [0.1, 0.15) is 30.5 Å². The van der Waals surface area contributed by atoms with Crippen molar-refractivity contribution in [1.29, 1.82) is 0 Å². The molecule has 1 aliphatic rings.